The number of ether oxygens (including phenoxy) is 1. The van der Waals surface area contributed by atoms with Crippen LogP contribution in [0.15, 0.2) is 17.2 Å². The van der Waals surface area contributed by atoms with E-state index in [-0.39, 0.29) is 11.0 Å². The van der Waals surface area contributed by atoms with E-state index in [0.717, 1.165) is 77.6 Å². The van der Waals surface area contributed by atoms with Gasteiger partial charge in [-0.1, -0.05) is 20.8 Å². The molecule has 2 aliphatic heterocycles. The van der Waals surface area contributed by atoms with Crippen LogP contribution in [0.25, 0.3) is 0 Å². The number of rotatable bonds is 5. The Hall–Kier alpha value is -1.24. The summed E-state index contributed by atoms with van der Waals surface area (Å²) in [6.45, 7) is 15.5. The van der Waals surface area contributed by atoms with Crippen LogP contribution in [0, 0.1) is 5.92 Å². The predicted octanol–water partition coefficient (Wildman–Crippen LogP) is 1.59. The van der Waals surface area contributed by atoms with Crippen molar-refractivity contribution in [3.63, 3.8) is 0 Å². The van der Waals surface area contributed by atoms with Gasteiger partial charge in [0, 0.05) is 44.2 Å². The van der Waals surface area contributed by atoms with Crippen LogP contribution in [0.3, 0.4) is 0 Å². The Morgan fingerprint density at radius 2 is 1.69 bits per heavy atom. The maximum atomic E-state index is 12.4. The third-order valence-corrected chi connectivity index (χ3v) is 5.65. The van der Waals surface area contributed by atoms with E-state index < -0.39 is 0 Å². The van der Waals surface area contributed by atoms with Gasteiger partial charge in [-0.15, -0.1) is 0 Å². The minimum absolute atomic E-state index is 0.0793. The third-order valence-electron chi connectivity index (χ3n) is 5.65. The first kappa shape index (κ1) is 19.5. The van der Waals surface area contributed by atoms with Crippen molar-refractivity contribution in [1.82, 2.24) is 19.4 Å². The number of aromatic nitrogens is 2. The molecule has 0 saturated carbocycles. The lowest BCUT2D eigenvalue weighted by Gasteiger charge is -2.34. The molecule has 146 valence electrons. The SMILES string of the molecule is CC(C)(C)c1cc(=O)n(CC2CCN(CCN3CCOCC3)CC2)cn1. The Kier molecular flexibility index (Phi) is 6.48. The molecule has 3 heterocycles. The van der Waals surface area contributed by atoms with Crippen molar-refractivity contribution in [3.05, 3.63) is 28.4 Å². The summed E-state index contributed by atoms with van der Waals surface area (Å²) in [4.78, 5) is 22.0. The topological polar surface area (TPSA) is 50.6 Å². The summed E-state index contributed by atoms with van der Waals surface area (Å²) in [7, 11) is 0. The highest BCUT2D eigenvalue weighted by molar-refractivity contribution is 5.10. The van der Waals surface area contributed by atoms with E-state index in [1.165, 1.54) is 0 Å². The maximum Gasteiger partial charge on any atom is 0.253 e. The highest BCUT2D eigenvalue weighted by atomic mass is 16.5. The Balaban J connectivity index is 1.44. The first-order valence-electron chi connectivity index (χ1n) is 10.0. The zero-order chi connectivity index (χ0) is 18.6. The second kappa shape index (κ2) is 8.63. The monoisotopic (exact) mass is 362 g/mol. The molecule has 2 fully saturated rings. The Bertz CT molecular complexity index is 623. The van der Waals surface area contributed by atoms with Crippen LogP contribution < -0.4 is 5.56 Å². The van der Waals surface area contributed by atoms with E-state index >= 15 is 0 Å². The van der Waals surface area contributed by atoms with Gasteiger partial charge in [0.1, 0.15) is 0 Å². The molecule has 0 aliphatic carbocycles. The molecule has 26 heavy (non-hydrogen) atoms. The molecule has 1 aromatic rings. The Morgan fingerprint density at radius 1 is 1.08 bits per heavy atom. The molecule has 0 amide bonds. The van der Waals surface area contributed by atoms with Gasteiger partial charge in [0.15, 0.2) is 0 Å². The van der Waals surface area contributed by atoms with Crippen LogP contribution in [-0.2, 0) is 16.7 Å². The first-order valence-corrected chi connectivity index (χ1v) is 10.0. The first-order chi connectivity index (χ1) is 12.4. The van der Waals surface area contributed by atoms with Gasteiger partial charge >= 0.3 is 0 Å². The summed E-state index contributed by atoms with van der Waals surface area (Å²) in [6.07, 6.45) is 4.07. The molecule has 0 bridgehead atoms. The van der Waals surface area contributed by atoms with Crippen molar-refractivity contribution in [3.8, 4) is 0 Å². The summed E-state index contributed by atoms with van der Waals surface area (Å²) in [5.74, 6) is 0.578. The van der Waals surface area contributed by atoms with E-state index in [1.54, 1.807) is 17.0 Å². The van der Waals surface area contributed by atoms with Gasteiger partial charge in [0.25, 0.3) is 5.56 Å². The van der Waals surface area contributed by atoms with E-state index in [4.69, 9.17) is 4.74 Å². The molecule has 0 radical (unpaired) electrons. The van der Waals surface area contributed by atoms with Gasteiger partial charge in [-0.2, -0.15) is 0 Å². The second-order valence-electron chi connectivity index (χ2n) is 8.75. The molecule has 6 heteroatoms. The van der Waals surface area contributed by atoms with Crippen molar-refractivity contribution < 1.29 is 4.74 Å². The van der Waals surface area contributed by atoms with Crippen LogP contribution in [0.1, 0.15) is 39.3 Å². The number of hydrogen-bond acceptors (Lipinski definition) is 5. The number of morpholine rings is 1. The molecule has 1 aromatic heterocycles. The molecular weight excluding hydrogens is 328 g/mol. The molecular formula is C20H34N4O2. The predicted molar refractivity (Wildman–Crippen MR) is 104 cm³/mol. The van der Waals surface area contributed by atoms with Crippen LogP contribution >= 0.6 is 0 Å². The molecule has 6 nitrogen and oxygen atoms in total. The molecule has 2 aliphatic rings. The minimum atomic E-state index is -0.0793. The van der Waals surface area contributed by atoms with E-state index in [0.29, 0.717) is 5.92 Å². The average Bonchev–Trinajstić information content (AvgIpc) is 2.63. The van der Waals surface area contributed by atoms with Crippen molar-refractivity contribution in [2.75, 3.05) is 52.5 Å². The lowest BCUT2D eigenvalue weighted by Crippen LogP contribution is -2.44. The fourth-order valence-electron chi connectivity index (χ4n) is 3.75. The molecule has 0 atom stereocenters. The fourth-order valence-corrected chi connectivity index (χ4v) is 3.75. The van der Waals surface area contributed by atoms with Crippen molar-refractivity contribution in [1.29, 1.82) is 0 Å². The molecule has 0 spiro atoms. The van der Waals surface area contributed by atoms with Crippen LogP contribution in [0.2, 0.25) is 0 Å². The highest BCUT2D eigenvalue weighted by Crippen LogP contribution is 2.20. The fraction of sp³-hybridized carbons (Fsp3) is 0.800. The zero-order valence-electron chi connectivity index (χ0n) is 16.6. The summed E-state index contributed by atoms with van der Waals surface area (Å²) in [6, 6.07) is 1.71. The molecule has 0 aromatic carbocycles. The maximum absolute atomic E-state index is 12.4. The Morgan fingerprint density at radius 3 is 2.27 bits per heavy atom. The normalized spacial score (nSPS) is 21.2. The van der Waals surface area contributed by atoms with Gasteiger partial charge in [0.05, 0.1) is 25.2 Å². The van der Waals surface area contributed by atoms with Gasteiger partial charge < -0.3 is 9.64 Å². The summed E-state index contributed by atoms with van der Waals surface area (Å²) >= 11 is 0. The molecule has 2 saturated heterocycles. The molecule has 0 N–H and O–H groups in total. The van der Waals surface area contributed by atoms with Gasteiger partial charge in [-0.25, -0.2) is 4.98 Å². The third kappa shape index (κ3) is 5.38. The summed E-state index contributed by atoms with van der Waals surface area (Å²) in [5.41, 5.74) is 0.876. The second-order valence-corrected chi connectivity index (χ2v) is 8.75. The molecule has 3 rings (SSSR count). The largest absolute Gasteiger partial charge is 0.379 e. The van der Waals surface area contributed by atoms with E-state index in [2.05, 4.69) is 35.6 Å². The van der Waals surface area contributed by atoms with Gasteiger partial charge in [0.2, 0.25) is 0 Å². The number of piperidine rings is 1. The van der Waals surface area contributed by atoms with Crippen molar-refractivity contribution in [2.24, 2.45) is 5.92 Å². The van der Waals surface area contributed by atoms with E-state index in [1.807, 2.05) is 0 Å². The van der Waals surface area contributed by atoms with Crippen LogP contribution in [0.5, 0.6) is 0 Å². The van der Waals surface area contributed by atoms with Gasteiger partial charge in [-0.3, -0.25) is 14.3 Å². The number of likely N-dealkylation sites (tertiary alicyclic amines) is 1. The quantitative estimate of drug-likeness (QED) is 0.796. The van der Waals surface area contributed by atoms with Gasteiger partial charge in [-0.05, 0) is 31.8 Å². The smallest absolute Gasteiger partial charge is 0.253 e. The Labute approximate surface area is 157 Å². The number of nitrogens with zero attached hydrogens (tertiary/aromatic N) is 4. The standard InChI is InChI=1S/C20H34N4O2/c1-20(2,3)18-14-19(25)24(16-21-18)15-17-4-6-22(7-5-17)8-9-23-10-12-26-13-11-23/h14,16-17H,4-13,15H2,1-3H3. The highest BCUT2D eigenvalue weighted by Gasteiger charge is 2.22. The van der Waals surface area contributed by atoms with Crippen molar-refractivity contribution >= 4 is 0 Å². The van der Waals surface area contributed by atoms with Crippen molar-refractivity contribution in [2.45, 2.75) is 45.6 Å². The lowest BCUT2D eigenvalue weighted by molar-refractivity contribution is 0.0312. The zero-order valence-corrected chi connectivity index (χ0v) is 16.6. The van der Waals surface area contributed by atoms with E-state index in [9.17, 15) is 4.79 Å². The summed E-state index contributed by atoms with van der Waals surface area (Å²) in [5, 5.41) is 0. The average molecular weight is 363 g/mol. The number of hydrogen-bond donors (Lipinski definition) is 0. The van der Waals surface area contributed by atoms with Crippen LogP contribution in [0.4, 0.5) is 0 Å². The lowest BCUT2D eigenvalue weighted by atomic mass is 9.92. The molecule has 0 unspecified atom stereocenters. The summed E-state index contributed by atoms with van der Waals surface area (Å²) < 4.78 is 7.20. The van der Waals surface area contributed by atoms with Crippen LogP contribution in [-0.4, -0.2) is 71.8 Å². The minimum Gasteiger partial charge on any atom is -0.379 e.